The second kappa shape index (κ2) is 16.8. The van der Waals surface area contributed by atoms with Crippen LogP contribution in [0, 0.1) is 0 Å². The van der Waals surface area contributed by atoms with Gasteiger partial charge in [0, 0.05) is 12.3 Å². The maximum atomic E-state index is 12.9. The van der Waals surface area contributed by atoms with Gasteiger partial charge in [0.15, 0.2) is 5.96 Å². The molecule has 0 saturated carbocycles. The van der Waals surface area contributed by atoms with Crippen LogP contribution in [0.5, 0.6) is 0 Å². The number of nitrogens with zero attached hydrogens (tertiary/aromatic N) is 1. The summed E-state index contributed by atoms with van der Waals surface area (Å²) in [6.45, 7) is 0.160. The summed E-state index contributed by atoms with van der Waals surface area (Å²) >= 11 is 5.30. The number of aliphatic carboxylic acids is 2. The monoisotopic (exact) mass is 523 g/mol. The van der Waals surface area contributed by atoms with E-state index in [0.29, 0.717) is 5.75 Å². The number of nitrogens with one attached hydrogen (secondary N) is 3. The van der Waals surface area contributed by atoms with E-state index >= 15 is 0 Å². The van der Waals surface area contributed by atoms with E-state index in [1.807, 2.05) is 0 Å². The molecule has 0 aliphatic rings. The van der Waals surface area contributed by atoms with Crippen molar-refractivity contribution < 1.29 is 34.2 Å². The summed E-state index contributed by atoms with van der Waals surface area (Å²) < 4.78 is 0. The molecule has 194 valence electrons. The summed E-state index contributed by atoms with van der Waals surface area (Å²) in [7, 11) is 0. The molecule has 0 aliphatic carbocycles. The Bertz CT molecular complexity index is 750. The lowest BCUT2D eigenvalue weighted by molar-refractivity contribution is -0.141. The number of carbonyl (C=O) groups is 5. The van der Waals surface area contributed by atoms with Gasteiger partial charge in [-0.25, -0.2) is 4.79 Å². The zero-order valence-corrected chi connectivity index (χ0v) is 20.4. The Morgan fingerprint density at radius 1 is 0.941 bits per heavy atom. The van der Waals surface area contributed by atoms with Gasteiger partial charge in [0.1, 0.15) is 18.1 Å². The maximum Gasteiger partial charge on any atom is 0.327 e. The number of guanidine groups is 1. The van der Waals surface area contributed by atoms with Gasteiger partial charge < -0.3 is 43.4 Å². The lowest BCUT2D eigenvalue weighted by atomic mass is 10.1. The third-order valence-corrected chi connectivity index (χ3v) is 5.36. The molecular formula is C18H33N7O7S2. The first-order chi connectivity index (χ1) is 15.9. The van der Waals surface area contributed by atoms with E-state index in [-0.39, 0.29) is 37.5 Å². The van der Waals surface area contributed by atoms with Crippen LogP contribution in [0.3, 0.4) is 0 Å². The van der Waals surface area contributed by atoms with Crippen LogP contribution in [0.2, 0.25) is 0 Å². The van der Waals surface area contributed by atoms with Gasteiger partial charge in [-0.1, -0.05) is 0 Å². The first-order valence-corrected chi connectivity index (χ1v) is 12.2. The molecule has 3 amide bonds. The third kappa shape index (κ3) is 13.1. The Hall–Kier alpha value is -2.72. The van der Waals surface area contributed by atoms with E-state index in [2.05, 4.69) is 33.6 Å². The van der Waals surface area contributed by atoms with E-state index in [1.165, 1.54) is 11.8 Å². The zero-order valence-electron chi connectivity index (χ0n) is 18.7. The zero-order chi connectivity index (χ0) is 26.3. The van der Waals surface area contributed by atoms with Crippen molar-refractivity contribution in [3.05, 3.63) is 0 Å². The van der Waals surface area contributed by atoms with Crippen LogP contribution in [-0.4, -0.2) is 94.3 Å². The fraction of sp³-hybridized carbons (Fsp3) is 0.667. The molecular weight excluding hydrogens is 490 g/mol. The minimum atomic E-state index is -1.37. The van der Waals surface area contributed by atoms with Gasteiger partial charge in [0.05, 0.1) is 12.5 Å². The molecule has 0 heterocycles. The van der Waals surface area contributed by atoms with Gasteiger partial charge in [-0.2, -0.15) is 24.4 Å². The number of rotatable bonds is 17. The van der Waals surface area contributed by atoms with E-state index < -0.39 is 60.2 Å². The van der Waals surface area contributed by atoms with Gasteiger partial charge in [-0.05, 0) is 31.3 Å². The Morgan fingerprint density at radius 3 is 1.94 bits per heavy atom. The van der Waals surface area contributed by atoms with E-state index in [1.54, 1.807) is 6.26 Å². The van der Waals surface area contributed by atoms with Crippen molar-refractivity contribution in [3.8, 4) is 0 Å². The number of hydrogen-bond donors (Lipinski definition) is 9. The Kier molecular flexibility index (Phi) is 15.5. The van der Waals surface area contributed by atoms with E-state index in [4.69, 9.17) is 27.4 Å². The van der Waals surface area contributed by atoms with Crippen LogP contribution in [0.1, 0.15) is 25.7 Å². The van der Waals surface area contributed by atoms with E-state index in [9.17, 15) is 24.0 Å². The molecule has 4 atom stereocenters. The fourth-order valence-electron chi connectivity index (χ4n) is 2.57. The van der Waals surface area contributed by atoms with E-state index in [0.717, 1.165) is 0 Å². The molecule has 16 heteroatoms. The predicted molar refractivity (Wildman–Crippen MR) is 130 cm³/mol. The molecule has 0 saturated heterocycles. The summed E-state index contributed by atoms with van der Waals surface area (Å²) in [5, 5.41) is 25.2. The lowest BCUT2D eigenvalue weighted by Gasteiger charge is -2.24. The number of carboxylic acids is 2. The van der Waals surface area contributed by atoms with Crippen LogP contribution in [0.4, 0.5) is 0 Å². The normalized spacial score (nSPS) is 14.1. The molecule has 0 radical (unpaired) electrons. The molecule has 11 N–H and O–H groups in total. The first kappa shape index (κ1) is 31.3. The minimum Gasteiger partial charge on any atom is -0.481 e. The van der Waals surface area contributed by atoms with Crippen LogP contribution in [0.15, 0.2) is 4.99 Å². The number of nitrogens with two attached hydrogens (primary N) is 3. The molecule has 34 heavy (non-hydrogen) atoms. The molecule has 0 aromatic rings. The van der Waals surface area contributed by atoms with Gasteiger partial charge >= 0.3 is 11.9 Å². The molecule has 0 aromatic carbocycles. The number of carbonyl (C=O) groups excluding carboxylic acids is 3. The highest BCUT2D eigenvalue weighted by molar-refractivity contribution is 7.98. The Morgan fingerprint density at radius 2 is 1.47 bits per heavy atom. The number of thioether (sulfide) groups is 1. The summed E-state index contributed by atoms with van der Waals surface area (Å²) in [6, 6.07) is -4.92. The molecule has 14 nitrogen and oxygen atoms in total. The highest BCUT2D eigenvalue weighted by Gasteiger charge is 2.30. The standard InChI is InChI=1S/C18H33N7O7S2/c1-34-6-4-11(23-14(28)9(19)7-13(26)27)16(30)24-10(3-2-5-22-18(20)21)15(29)25-12(8-33)17(31)32/h9-12,33H,2-8,19H2,1H3,(H,23,28)(H,24,30)(H,25,29)(H,26,27)(H,31,32)(H4,20,21,22). The van der Waals surface area contributed by atoms with Crippen LogP contribution < -0.4 is 33.2 Å². The minimum absolute atomic E-state index is 0.0645. The Balaban J connectivity index is 5.49. The molecule has 0 rings (SSSR count). The SMILES string of the molecule is CSCCC(NC(=O)C(N)CC(=O)O)C(=O)NC(CCCN=C(N)N)C(=O)NC(CS)C(=O)O. The number of thiol groups is 1. The smallest absolute Gasteiger partial charge is 0.327 e. The lowest BCUT2D eigenvalue weighted by Crippen LogP contribution is -2.57. The largest absolute Gasteiger partial charge is 0.481 e. The highest BCUT2D eigenvalue weighted by atomic mass is 32.2. The van der Waals surface area contributed by atoms with Crippen molar-refractivity contribution in [1.82, 2.24) is 16.0 Å². The maximum absolute atomic E-state index is 12.9. The van der Waals surface area contributed by atoms with Crippen molar-refractivity contribution in [1.29, 1.82) is 0 Å². The van der Waals surface area contributed by atoms with Crippen molar-refractivity contribution in [2.75, 3.05) is 24.3 Å². The molecule has 0 fully saturated rings. The molecule has 0 aromatic heterocycles. The topological polar surface area (TPSA) is 252 Å². The molecule has 4 unspecified atom stereocenters. The number of hydrogen-bond acceptors (Lipinski definition) is 9. The summed E-state index contributed by atoms with van der Waals surface area (Å²) in [6.07, 6.45) is 1.68. The van der Waals surface area contributed by atoms with Gasteiger partial charge in [-0.15, -0.1) is 0 Å². The Labute approximate surface area is 206 Å². The second-order valence-corrected chi connectivity index (χ2v) is 8.49. The third-order valence-electron chi connectivity index (χ3n) is 4.35. The van der Waals surface area contributed by atoms with Gasteiger partial charge in [-0.3, -0.25) is 24.2 Å². The average Bonchev–Trinajstić information content (AvgIpc) is 2.75. The van der Waals surface area contributed by atoms with Gasteiger partial charge in [0.2, 0.25) is 17.7 Å². The summed E-state index contributed by atoms with van der Waals surface area (Å²) in [5.41, 5.74) is 16.1. The first-order valence-electron chi connectivity index (χ1n) is 10.2. The summed E-state index contributed by atoms with van der Waals surface area (Å²) in [4.78, 5) is 63.6. The number of carboxylic acid groups (broad SMARTS) is 2. The van der Waals surface area contributed by atoms with Crippen LogP contribution in [-0.2, 0) is 24.0 Å². The molecule has 0 spiro atoms. The average molecular weight is 524 g/mol. The van der Waals surface area contributed by atoms with Crippen molar-refractivity contribution in [2.24, 2.45) is 22.2 Å². The van der Waals surface area contributed by atoms with Crippen molar-refractivity contribution >= 4 is 60.0 Å². The molecule has 0 bridgehead atoms. The summed E-state index contributed by atoms with van der Waals surface area (Å²) in [5.74, 6) is -4.75. The van der Waals surface area contributed by atoms with Crippen molar-refractivity contribution in [2.45, 2.75) is 49.9 Å². The van der Waals surface area contributed by atoms with Crippen LogP contribution >= 0.6 is 24.4 Å². The quantitative estimate of drug-likeness (QED) is 0.0403. The number of aliphatic imine (C=N–C) groups is 1. The fourth-order valence-corrected chi connectivity index (χ4v) is 3.29. The van der Waals surface area contributed by atoms with Crippen LogP contribution in [0.25, 0.3) is 0 Å². The number of amides is 3. The second-order valence-electron chi connectivity index (χ2n) is 7.14. The predicted octanol–water partition coefficient (Wildman–Crippen LogP) is -2.94. The molecule has 0 aliphatic heterocycles. The highest BCUT2D eigenvalue weighted by Crippen LogP contribution is 2.06. The van der Waals surface area contributed by atoms with Crippen molar-refractivity contribution in [3.63, 3.8) is 0 Å². The van der Waals surface area contributed by atoms with Gasteiger partial charge in [0.25, 0.3) is 0 Å².